The summed E-state index contributed by atoms with van der Waals surface area (Å²) >= 11 is 6.92. The molecule has 1 rings (SSSR count). The molecule has 0 aromatic carbocycles. The van der Waals surface area contributed by atoms with Crippen molar-refractivity contribution in [2.24, 2.45) is 0 Å². The molecule has 0 spiro atoms. The first kappa shape index (κ1) is 16.0. The van der Waals surface area contributed by atoms with Gasteiger partial charge < -0.3 is 15.0 Å². The van der Waals surface area contributed by atoms with Crippen LogP contribution in [0.1, 0.15) is 25.3 Å². The van der Waals surface area contributed by atoms with Crippen molar-refractivity contribution in [2.75, 3.05) is 18.8 Å². The SMILES string of the molecule is CCCCN(CCSCc1c[nH]ccc1=S)C(=O)O. The van der Waals surface area contributed by atoms with E-state index in [2.05, 4.69) is 11.9 Å². The summed E-state index contributed by atoms with van der Waals surface area (Å²) in [5, 5.41) is 9.06. The van der Waals surface area contributed by atoms with Crippen molar-refractivity contribution in [1.82, 2.24) is 9.88 Å². The van der Waals surface area contributed by atoms with Crippen LogP contribution in [-0.2, 0) is 5.75 Å². The minimum absolute atomic E-state index is 0.573. The number of carbonyl (C=O) groups is 1. The predicted molar refractivity (Wildman–Crippen MR) is 82.3 cm³/mol. The fourth-order valence-electron chi connectivity index (χ4n) is 1.57. The number of nitrogens with zero attached hydrogens (tertiary/aromatic N) is 1. The standard InChI is InChI=1S/C13H20N2O2S2/c1-2-3-6-15(13(16)17)7-8-19-10-11-9-14-5-4-12(11)18/h4-5,9H,2-3,6-8,10H2,1H3,(H,14,18)(H,16,17). The number of amides is 1. The third-order valence-electron chi connectivity index (χ3n) is 2.72. The molecule has 0 aliphatic carbocycles. The number of aromatic nitrogens is 1. The fraction of sp³-hybridized carbons (Fsp3) is 0.538. The molecule has 19 heavy (non-hydrogen) atoms. The first-order valence-corrected chi connectivity index (χ1v) is 7.93. The molecule has 0 saturated carbocycles. The Morgan fingerprint density at radius 3 is 2.95 bits per heavy atom. The first-order valence-electron chi connectivity index (χ1n) is 6.36. The van der Waals surface area contributed by atoms with E-state index in [0.29, 0.717) is 13.1 Å². The molecule has 4 nitrogen and oxygen atoms in total. The van der Waals surface area contributed by atoms with E-state index in [-0.39, 0.29) is 0 Å². The highest BCUT2D eigenvalue weighted by Crippen LogP contribution is 2.13. The molecule has 6 heteroatoms. The zero-order valence-electron chi connectivity index (χ0n) is 11.1. The van der Waals surface area contributed by atoms with Crippen LogP contribution in [-0.4, -0.2) is 39.9 Å². The highest BCUT2D eigenvalue weighted by Gasteiger charge is 2.10. The van der Waals surface area contributed by atoms with E-state index in [1.165, 1.54) is 4.90 Å². The predicted octanol–water partition coefficient (Wildman–Crippen LogP) is 3.76. The van der Waals surface area contributed by atoms with Crippen molar-refractivity contribution in [2.45, 2.75) is 25.5 Å². The van der Waals surface area contributed by atoms with E-state index < -0.39 is 6.09 Å². The van der Waals surface area contributed by atoms with Gasteiger partial charge in [-0.2, -0.15) is 11.8 Å². The largest absolute Gasteiger partial charge is 0.465 e. The van der Waals surface area contributed by atoms with Crippen LogP contribution in [0, 0.1) is 4.51 Å². The van der Waals surface area contributed by atoms with Crippen LogP contribution in [0.2, 0.25) is 0 Å². The number of pyridine rings is 1. The number of H-pyrrole nitrogens is 1. The molecule has 0 bridgehead atoms. The Hall–Kier alpha value is -1.01. The van der Waals surface area contributed by atoms with Gasteiger partial charge in [-0.1, -0.05) is 25.6 Å². The van der Waals surface area contributed by atoms with Crippen molar-refractivity contribution >= 4 is 30.1 Å². The van der Waals surface area contributed by atoms with E-state index >= 15 is 0 Å². The van der Waals surface area contributed by atoms with Gasteiger partial charge in [0.05, 0.1) is 0 Å². The van der Waals surface area contributed by atoms with Gasteiger partial charge in [0.15, 0.2) is 0 Å². The molecule has 0 unspecified atom stereocenters. The summed E-state index contributed by atoms with van der Waals surface area (Å²) in [4.78, 5) is 15.5. The molecule has 0 atom stereocenters. The Balaban J connectivity index is 2.31. The second-order valence-electron chi connectivity index (χ2n) is 4.21. The second kappa shape index (κ2) is 8.98. The number of nitrogens with one attached hydrogen (secondary N) is 1. The lowest BCUT2D eigenvalue weighted by Crippen LogP contribution is -2.32. The summed E-state index contributed by atoms with van der Waals surface area (Å²) in [6.45, 7) is 3.26. The minimum Gasteiger partial charge on any atom is -0.465 e. The van der Waals surface area contributed by atoms with Gasteiger partial charge in [0.25, 0.3) is 0 Å². The van der Waals surface area contributed by atoms with Crippen molar-refractivity contribution in [1.29, 1.82) is 0 Å². The molecule has 0 radical (unpaired) electrons. The van der Waals surface area contributed by atoms with Crippen LogP contribution in [0.5, 0.6) is 0 Å². The Labute approximate surface area is 123 Å². The topological polar surface area (TPSA) is 56.3 Å². The zero-order valence-corrected chi connectivity index (χ0v) is 12.7. The van der Waals surface area contributed by atoms with Crippen LogP contribution < -0.4 is 0 Å². The van der Waals surface area contributed by atoms with Crippen molar-refractivity contribution < 1.29 is 9.90 Å². The van der Waals surface area contributed by atoms with Crippen molar-refractivity contribution in [3.05, 3.63) is 28.5 Å². The number of hydrogen-bond acceptors (Lipinski definition) is 3. The van der Waals surface area contributed by atoms with Crippen LogP contribution in [0.25, 0.3) is 0 Å². The maximum atomic E-state index is 11.0. The van der Waals surface area contributed by atoms with E-state index in [1.807, 2.05) is 18.5 Å². The molecule has 0 aliphatic rings. The average Bonchev–Trinajstić information content (AvgIpc) is 2.39. The zero-order chi connectivity index (χ0) is 14.1. The monoisotopic (exact) mass is 300 g/mol. The quantitative estimate of drug-likeness (QED) is 0.567. The van der Waals surface area contributed by atoms with E-state index in [9.17, 15) is 4.79 Å². The molecule has 1 aromatic heterocycles. The number of thioether (sulfide) groups is 1. The van der Waals surface area contributed by atoms with Gasteiger partial charge in [0, 0.05) is 41.5 Å². The van der Waals surface area contributed by atoms with Crippen LogP contribution >= 0.6 is 24.0 Å². The Bertz CT molecular complexity index is 448. The van der Waals surface area contributed by atoms with Gasteiger partial charge in [-0.3, -0.25) is 0 Å². The Morgan fingerprint density at radius 1 is 1.53 bits per heavy atom. The van der Waals surface area contributed by atoms with Crippen molar-refractivity contribution in [3.8, 4) is 0 Å². The number of hydrogen-bond donors (Lipinski definition) is 2. The number of carboxylic acid groups (broad SMARTS) is 1. The summed E-state index contributed by atoms with van der Waals surface area (Å²) in [7, 11) is 0. The third kappa shape index (κ3) is 6.11. The second-order valence-corrected chi connectivity index (χ2v) is 5.75. The average molecular weight is 300 g/mol. The lowest BCUT2D eigenvalue weighted by molar-refractivity contribution is 0.147. The third-order valence-corrected chi connectivity index (χ3v) is 4.10. The molecule has 2 N–H and O–H groups in total. The fourth-order valence-corrected chi connectivity index (χ4v) is 2.82. The van der Waals surface area contributed by atoms with E-state index in [1.54, 1.807) is 11.8 Å². The number of unbranched alkanes of at least 4 members (excludes halogenated alkanes) is 1. The van der Waals surface area contributed by atoms with Crippen LogP contribution in [0.3, 0.4) is 0 Å². The van der Waals surface area contributed by atoms with Gasteiger partial charge in [-0.25, -0.2) is 4.79 Å². The molecule has 0 saturated heterocycles. The van der Waals surface area contributed by atoms with Crippen LogP contribution in [0.15, 0.2) is 18.5 Å². The van der Waals surface area contributed by atoms with Crippen molar-refractivity contribution in [3.63, 3.8) is 0 Å². The lowest BCUT2D eigenvalue weighted by Gasteiger charge is -2.18. The summed E-state index contributed by atoms with van der Waals surface area (Å²) in [5.41, 5.74) is 1.10. The molecule has 0 aliphatic heterocycles. The van der Waals surface area contributed by atoms with Gasteiger partial charge in [-0.05, 0) is 18.1 Å². The van der Waals surface area contributed by atoms with Gasteiger partial charge in [0.2, 0.25) is 0 Å². The summed E-state index contributed by atoms with van der Waals surface area (Å²) in [6.07, 6.45) is 4.82. The molecule has 106 valence electrons. The summed E-state index contributed by atoms with van der Waals surface area (Å²) in [6, 6.07) is 1.87. The Morgan fingerprint density at radius 2 is 2.32 bits per heavy atom. The summed E-state index contributed by atoms with van der Waals surface area (Å²) < 4.78 is 0.854. The highest BCUT2D eigenvalue weighted by atomic mass is 32.2. The Kier molecular flexibility index (Phi) is 7.59. The smallest absolute Gasteiger partial charge is 0.407 e. The minimum atomic E-state index is -0.828. The lowest BCUT2D eigenvalue weighted by atomic mass is 10.3. The molecule has 1 aromatic rings. The van der Waals surface area contributed by atoms with E-state index in [0.717, 1.165) is 34.4 Å². The summed E-state index contributed by atoms with van der Waals surface area (Å²) in [5.74, 6) is 1.61. The highest BCUT2D eigenvalue weighted by molar-refractivity contribution is 7.98. The maximum absolute atomic E-state index is 11.0. The van der Waals surface area contributed by atoms with Gasteiger partial charge in [0.1, 0.15) is 0 Å². The molecular formula is C13H20N2O2S2. The normalized spacial score (nSPS) is 10.4. The molecular weight excluding hydrogens is 280 g/mol. The number of aromatic amines is 1. The first-order chi connectivity index (χ1) is 9.15. The maximum Gasteiger partial charge on any atom is 0.407 e. The number of rotatable bonds is 8. The molecule has 1 heterocycles. The van der Waals surface area contributed by atoms with Gasteiger partial charge in [-0.15, -0.1) is 0 Å². The molecule has 1 amide bonds. The molecule has 0 fully saturated rings. The van der Waals surface area contributed by atoms with Gasteiger partial charge >= 0.3 is 6.09 Å². The van der Waals surface area contributed by atoms with E-state index in [4.69, 9.17) is 17.3 Å². The van der Waals surface area contributed by atoms with Crippen LogP contribution in [0.4, 0.5) is 4.79 Å².